The molecule has 6 heteroatoms. The Labute approximate surface area is 102 Å². The van der Waals surface area contributed by atoms with E-state index in [1.807, 2.05) is 0 Å². The number of nitrogens with one attached hydrogen (secondary N) is 2. The fourth-order valence-corrected chi connectivity index (χ4v) is 2.19. The van der Waals surface area contributed by atoms with Gasteiger partial charge in [-0.15, -0.1) is 0 Å². The monoisotopic (exact) mass is 286 g/mol. The highest BCUT2D eigenvalue weighted by molar-refractivity contribution is 9.10. The van der Waals surface area contributed by atoms with Crippen molar-refractivity contribution in [2.24, 2.45) is 0 Å². The average Bonchev–Trinajstić information content (AvgIpc) is 2.77. The second-order valence-corrected chi connectivity index (χ2v) is 4.70. The highest BCUT2D eigenvalue weighted by Gasteiger charge is 2.10. The van der Waals surface area contributed by atoms with Crippen LogP contribution in [-0.4, -0.2) is 41.3 Å². The lowest BCUT2D eigenvalue weighted by molar-refractivity contribution is 0.352. The van der Waals surface area contributed by atoms with Gasteiger partial charge in [0.1, 0.15) is 4.47 Å². The molecule has 0 aliphatic carbocycles. The second kappa shape index (κ2) is 5.45. The molecular weight excluding hydrogens is 272 g/mol. The van der Waals surface area contributed by atoms with E-state index in [9.17, 15) is 4.79 Å². The lowest BCUT2D eigenvalue weighted by Crippen LogP contribution is -2.26. The van der Waals surface area contributed by atoms with E-state index in [0.29, 0.717) is 4.47 Å². The first-order valence-corrected chi connectivity index (χ1v) is 6.26. The number of hydrogen-bond donors (Lipinski definition) is 2. The third-order valence-corrected chi connectivity index (χ3v) is 3.53. The summed E-state index contributed by atoms with van der Waals surface area (Å²) in [6.07, 6.45) is 4.22. The normalized spacial score (nSPS) is 16.6. The van der Waals surface area contributed by atoms with Crippen molar-refractivity contribution in [3.63, 3.8) is 0 Å². The maximum atomic E-state index is 11.2. The van der Waals surface area contributed by atoms with E-state index in [-0.39, 0.29) is 5.56 Å². The van der Waals surface area contributed by atoms with Crippen LogP contribution in [0.1, 0.15) is 12.8 Å². The fraction of sp³-hybridized carbons (Fsp3) is 0.600. The lowest BCUT2D eigenvalue weighted by Gasteiger charge is -2.15. The Bertz CT molecular complexity index is 400. The smallest absolute Gasteiger partial charge is 0.280 e. The first kappa shape index (κ1) is 11.6. The zero-order valence-corrected chi connectivity index (χ0v) is 10.6. The largest absolute Gasteiger partial charge is 0.381 e. The summed E-state index contributed by atoms with van der Waals surface area (Å²) in [6.45, 7) is 4.23. The zero-order chi connectivity index (χ0) is 11.4. The summed E-state index contributed by atoms with van der Waals surface area (Å²) in [5.74, 6) is 0. The first-order valence-electron chi connectivity index (χ1n) is 5.47. The van der Waals surface area contributed by atoms with Crippen molar-refractivity contribution in [3.8, 4) is 0 Å². The minimum atomic E-state index is -0.203. The van der Waals surface area contributed by atoms with E-state index in [2.05, 4.69) is 36.3 Å². The molecule has 2 N–H and O–H groups in total. The van der Waals surface area contributed by atoms with Gasteiger partial charge in [-0.05, 0) is 41.9 Å². The maximum Gasteiger partial charge on any atom is 0.280 e. The molecule has 1 aliphatic heterocycles. The van der Waals surface area contributed by atoms with Crippen LogP contribution >= 0.6 is 15.9 Å². The third-order valence-electron chi connectivity index (χ3n) is 2.74. The Morgan fingerprint density at radius 2 is 2.25 bits per heavy atom. The van der Waals surface area contributed by atoms with Gasteiger partial charge in [0.25, 0.3) is 5.56 Å². The minimum absolute atomic E-state index is 0.203. The summed E-state index contributed by atoms with van der Waals surface area (Å²) < 4.78 is 0.518. The van der Waals surface area contributed by atoms with Crippen LogP contribution in [-0.2, 0) is 0 Å². The Kier molecular flexibility index (Phi) is 3.95. The summed E-state index contributed by atoms with van der Waals surface area (Å²) in [6, 6.07) is 0. The van der Waals surface area contributed by atoms with Gasteiger partial charge in [0.05, 0.1) is 11.9 Å². The second-order valence-electron chi connectivity index (χ2n) is 3.90. The molecule has 0 radical (unpaired) electrons. The molecule has 1 aliphatic rings. The van der Waals surface area contributed by atoms with Crippen LogP contribution < -0.4 is 10.9 Å². The van der Waals surface area contributed by atoms with Crippen LogP contribution in [0.15, 0.2) is 15.5 Å². The number of aromatic nitrogens is 2. The van der Waals surface area contributed by atoms with Crippen molar-refractivity contribution in [1.29, 1.82) is 0 Å². The number of hydrogen-bond acceptors (Lipinski definition) is 4. The van der Waals surface area contributed by atoms with Gasteiger partial charge in [0.15, 0.2) is 0 Å². The predicted octanol–water partition coefficient (Wildman–Crippen LogP) is 1.04. The Hall–Kier alpha value is -0.880. The molecule has 1 aromatic heterocycles. The number of halogens is 1. The minimum Gasteiger partial charge on any atom is -0.381 e. The highest BCUT2D eigenvalue weighted by Crippen LogP contribution is 2.15. The molecule has 1 saturated heterocycles. The van der Waals surface area contributed by atoms with Gasteiger partial charge < -0.3 is 10.2 Å². The molecular formula is C10H15BrN4O. The number of rotatable bonds is 4. The van der Waals surface area contributed by atoms with Crippen LogP contribution in [0.4, 0.5) is 5.69 Å². The van der Waals surface area contributed by atoms with Gasteiger partial charge in [-0.1, -0.05) is 0 Å². The fourth-order valence-electron chi connectivity index (χ4n) is 1.86. The number of anilines is 1. The number of H-pyrrole nitrogens is 1. The van der Waals surface area contributed by atoms with Crippen LogP contribution in [0.2, 0.25) is 0 Å². The SMILES string of the molecule is O=c1[nH]ncc(NCCN2CCCC2)c1Br. The Balaban J connectivity index is 1.84. The Morgan fingerprint density at radius 3 is 3.00 bits per heavy atom. The van der Waals surface area contributed by atoms with E-state index < -0.39 is 0 Å². The van der Waals surface area contributed by atoms with Gasteiger partial charge in [0.2, 0.25) is 0 Å². The molecule has 5 nitrogen and oxygen atoms in total. The van der Waals surface area contributed by atoms with Gasteiger partial charge in [-0.2, -0.15) is 5.10 Å². The van der Waals surface area contributed by atoms with Crippen molar-refractivity contribution in [3.05, 3.63) is 21.0 Å². The quantitative estimate of drug-likeness (QED) is 0.868. The zero-order valence-electron chi connectivity index (χ0n) is 9.00. The van der Waals surface area contributed by atoms with E-state index in [0.717, 1.165) is 18.8 Å². The molecule has 0 aromatic carbocycles. The molecule has 0 spiro atoms. The van der Waals surface area contributed by atoms with Crippen molar-refractivity contribution in [2.45, 2.75) is 12.8 Å². The van der Waals surface area contributed by atoms with Gasteiger partial charge in [-0.3, -0.25) is 4.79 Å². The van der Waals surface area contributed by atoms with E-state index in [4.69, 9.17) is 0 Å². The Morgan fingerprint density at radius 1 is 1.50 bits per heavy atom. The molecule has 0 amide bonds. The third kappa shape index (κ3) is 2.82. The molecule has 0 unspecified atom stereocenters. The molecule has 0 bridgehead atoms. The van der Waals surface area contributed by atoms with Gasteiger partial charge >= 0.3 is 0 Å². The number of aromatic amines is 1. The number of likely N-dealkylation sites (tertiary alicyclic amines) is 1. The van der Waals surface area contributed by atoms with E-state index in [1.54, 1.807) is 6.20 Å². The van der Waals surface area contributed by atoms with E-state index >= 15 is 0 Å². The molecule has 1 fully saturated rings. The van der Waals surface area contributed by atoms with Crippen molar-refractivity contribution in [2.75, 3.05) is 31.5 Å². The van der Waals surface area contributed by atoms with Gasteiger partial charge in [0, 0.05) is 13.1 Å². The van der Waals surface area contributed by atoms with Crippen LogP contribution in [0.5, 0.6) is 0 Å². The molecule has 2 heterocycles. The summed E-state index contributed by atoms with van der Waals surface area (Å²) in [5, 5.41) is 9.33. The average molecular weight is 287 g/mol. The van der Waals surface area contributed by atoms with Crippen molar-refractivity contribution >= 4 is 21.6 Å². The van der Waals surface area contributed by atoms with Crippen LogP contribution in [0.25, 0.3) is 0 Å². The van der Waals surface area contributed by atoms with Gasteiger partial charge in [-0.25, -0.2) is 5.10 Å². The predicted molar refractivity (Wildman–Crippen MR) is 66.7 cm³/mol. The maximum absolute atomic E-state index is 11.2. The molecule has 0 atom stereocenters. The van der Waals surface area contributed by atoms with Crippen molar-refractivity contribution in [1.82, 2.24) is 15.1 Å². The molecule has 0 saturated carbocycles. The standard InChI is InChI=1S/C10H15BrN4O/c11-9-8(7-13-14-10(9)16)12-3-6-15-4-1-2-5-15/h7H,1-6H2,(H2,12,14,16). The van der Waals surface area contributed by atoms with E-state index in [1.165, 1.54) is 25.9 Å². The molecule has 88 valence electrons. The summed E-state index contributed by atoms with van der Waals surface area (Å²) in [4.78, 5) is 13.7. The summed E-state index contributed by atoms with van der Waals surface area (Å²) >= 11 is 3.23. The molecule has 16 heavy (non-hydrogen) atoms. The topological polar surface area (TPSA) is 61.0 Å². The molecule has 2 rings (SSSR count). The molecule has 1 aromatic rings. The first-order chi connectivity index (χ1) is 7.77. The lowest BCUT2D eigenvalue weighted by atomic mass is 10.4. The summed E-state index contributed by atoms with van der Waals surface area (Å²) in [7, 11) is 0. The van der Waals surface area contributed by atoms with Crippen molar-refractivity contribution < 1.29 is 0 Å². The highest BCUT2D eigenvalue weighted by atomic mass is 79.9. The summed E-state index contributed by atoms with van der Waals surface area (Å²) in [5.41, 5.74) is 0.550. The van der Waals surface area contributed by atoms with Crippen LogP contribution in [0.3, 0.4) is 0 Å². The van der Waals surface area contributed by atoms with Crippen LogP contribution in [0, 0.1) is 0 Å². The number of nitrogens with zero attached hydrogens (tertiary/aromatic N) is 2.